The summed E-state index contributed by atoms with van der Waals surface area (Å²) < 4.78 is 1.79. The smallest absolute Gasteiger partial charge is 0.307 e. The lowest BCUT2D eigenvalue weighted by Gasteiger charge is -2.08. The van der Waals surface area contributed by atoms with Gasteiger partial charge in [-0.25, -0.2) is 0 Å². The van der Waals surface area contributed by atoms with Crippen LogP contribution in [0, 0.1) is 11.3 Å². The Bertz CT molecular complexity index is 465. The van der Waals surface area contributed by atoms with Gasteiger partial charge >= 0.3 is 5.97 Å². The standard InChI is InChI=1S/C9H4Br3NO2/c10-6-2-7(11)5(3-13)9(12)4(6)1-8(14)15/h2H,1H2,(H,14,15). The minimum atomic E-state index is -0.942. The topological polar surface area (TPSA) is 61.1 Å². The average molecular weight is 398 g/mol. The highest BCUT2D eigenvalue weighted by atomic mass is 79.9. The number of nitriles is 1. The largest absolute Gasteiger partial charge is 0.481 e. The van der Waals surface area contributed by atoms with Crippen LogP contribution in [0.5, 0.6) is 0 Å². The molecule has 0 heterocycles. The summed E-state index contributed by atoms with van der Waals surface area (Å²) in [5.41, 5.74) is 0.955. The van der Waals surface area contributed by atoms with Gasteiger partial charge in [-0.05, 0) is 43.5 Å². The van der Waals surface area contributed by atoms with Crippen LogP contribution in [0.4, 0.5) is 0 Å². The van der Waals surface area contributed by atoms with E-state index in [0.29, 0.717) is 24.5 Å². The molecule has 15 heavy (non-hydrogen) atoms. The second kappa shape index (κ2) is 5.10. The van der Waals surface area contributed by atoms with Gasteiger partial charge in [-0.3, -0.25) is 4.79 Å². The molecule has 6 heteroatoms. The molecule has 0 unspecified atom stereocenters. The van der Waals surface area contributed by atoms with Gasteiger partial charge in [-0.15, -0.1) is 0 Å². The predicted octanol–water partition coefficient (Wildman–Crippen LogP) is 3.47. The van der Waals surface area contributed by atoms with E-state index in [1.165, 1.54) is 0 Å². The fraction of sp³-hybridized carbons (Fsp3) is 0.111. The van der Waals surface area contributed by atoms with E-state index in [4.69, 9.17) is 10.4 Å². The van der Waals surface area contributed by atoms with Gasteiger partial charge in [0.2, 0.25) is 0 Å². The monoisotopic (exact) mass is 395 g/mol. The van der Waals surface area contributed by atoms with E-state index in [2.05, 4.69) is 47.8 Å². The van der Waals surface area contributed by atoms with Crippen molar-refractivity contribution in [1.82, 2.24) is 0 Å². The number of hydrogen-bond donors (Lipinski definition) is 1. The Balaban J connectivity index is 3.40. The summed E-state index contributed by atoms with van der Waals surface area (Å²) in [6.07, 6.45) is -0.136. The second-order valence-corrected chi connectivity index (χ2v) is 5.19. The number of hydrogen-bond acceptors (Lipinski definition) is 2. The van der Waals surface area contributed by atoms with Crippen LogP contribution in [0.15, 0.2) is 19.5 Å². The molecule has 1 rings (SSSR count). The third-order valence-electron chi connectivity index (χ3n) is 1.70. The van der Waals surface area contributed by atoms with Crippen molar-refractivity contribution < 1.29 is 9.90 Å². The highest BCUT2D eigenvalue weighted by Crippen LogP contribution is 2.34. The summed E-state index contributed by atoms with van der Waals surface area (Å²) in [7, 11) is 0. The molecule has 0 radical (unpaired) electrons. The number of aliphatic carboxylic acids is 1. The zero-order chi connectivity index (χ0) is 11.6. The molecule has 3 nitrogen and oxygen atoms in total. The third kappa shape index (κ3) is 2.80. The Labute approximate surface area is 111 Å². The Morgan fingerprint density at radius 3 is 2.47 bits per heavy atom. The zero-order valence-electron chi connectivity index (χ0n) is 7.22. The normalized spacial score (nSPS) is 9.73. The van der Waals surface area contributed by atoms with Crippen molar-refractivity contribution in [3.63, 3.8) is 0 Å². The van der Waals surface area contributed by atoms with E-state index >= 15 is 0 Å². The van der Waals surface area contributed by atoms with Crippen molar-refractivity contribution in [3.8, 4) is 6.07 Å². The average Bonchev–Trinajstić information content (AvgIpc) is 2.12. The molecule has 0 atom stereocenters. The fourth-order valence-electron chi connectivity index (χ4n) is 1.05. The van der Waals surface area contributed by atoms with Gasteiger partial charge in [0.05, 0.1) is 12.0 Å². The number of benzene rings is 1. The molecular formula is C9H4Br3NO2. The van der Waals surface area contributed by atoms with Crippen molar-refractivity contribution in [2.75, 3.05) is 0 Å². The molecule has 0 spiro atoms. The molecule has 0 amide bonds. The van der Waals surface area contributed by atoms with Gasteiger partial charge in [0.1, 0.15) is 6.07 Å². The summed E-state index contributed by atoms with van der Waals surface area (Å²) in [5.74, 6) is -0.942. The Kier molecular flexibility index (Phi) is 4.32. The van der Waals surface area contributed by atoms with Crippen LogP contribution in [-0.2, 0) is 11.2 Å². The summed E-state index contributed by atoms with van der Waals surface area (Å²) >= 11 is 9.71. The molecule has 0 saturated heterocycles. The van der Waals surface area contributed by atoms with Crippen molar-refractivity contribution in [2.45, 2.75) is 6.42 Å². The van der Waals surface area contributed by atoms with Gasteiger partial charge < -0.3 is 5.11 Å². The number of rotatable bonds is 2. The third-order valence-corrected chi connectivity index (χ3v) is 3.91. The maximum Gasteiger partial charge on any atom is 0.307 e. The number of carbonyl (C=O) groups is 1. The lowest BCUT2D eigenvalue weighted by molar-refractivity contribution is -0.136. The number of carboxylic acid groups (broad SMARTS) is 1. The van der Waals surface area contributed by atoms with Crippen molar-refractivity contribution in [1.29, 1.82) is 5.26 Å². The Morgan fingerprint density at radius 2 is 2.00 bits per heavy atom. The maximum atomic E-state index is 10.6. The molecule has 0 aliphatic carbocycles. The highest BCUT2D eigenvalue weighted by Gasteiger charge is 2.15. The molecule has 0 aromatic heterocycles. The Morgan fingerprint density at radius 1 is 1.40 bits per heavy atom. The summed E-state index contributed by atoms with van der Waals surface area (Å²) in [6, 6.07) is 3.67. The molecule has 1 aromatic carbocycles. The summed E-state index contributed by atoms with van der Waals surface area (Å²) in [6.45, 7) is 0. The van der Waals surface area contributed by atoms with Crippen LogP contribution in [0.3, 0.4) is 0 Å². The first-order chi connectivity index (χ1) is 6.97. The van der Waals surface area contributed by atoms with Crippen LogP contribution in [0.25, 0.3) is 0 Å². The quantitative estimate of drug-likeness (QED) is 0.831. The van der Waals surface area contributed by atoms with E-state index in [1.54, 1.807) is 6.07 Å². The predicted molar refractivity (Wildman–Crippen MR) is 65.6 cm³/mol. The van der Waals surface area contributed by atoms with E-state index < -0.39 is 5.97 Å². The van der Waals surface area contributed by atoms with E-state index in [9.17, 15) is 4.79 Å². The van der Waals surface area contributed by atoms with Crippen LogP contribution in [0.1, 0.15) is 11.1 Å². The molecule has 1 N–H and O–H groups in total. The molecule has 78 valence electrons. The van der Waals surface area contributed by atoms with Gasteiger partial charge in [0, 0.05) is 13.4 Å². The summed E-state index contributed by atoms with van der Waals surface area (Å²) in [4.78, 5) is 10.6. The van der Waals surface area contributed by atoms with Gasteiger partial charge in [-0.1, -0.05) is 15.9 Å². The highest BCUT2D eigenvalue weighted by molar-refractivity contribution is 9.11. The van der Waals surface area contributed by atoms with E-state index in [-0.39, 0.29) is 6.42 Å². The van der Waals surface area contributed by atoms with Crippen molar-refractivity contribution >= 4 is 53.8 Å². The summed E-state index contributed by atoms with van der Waals surface area (Å²) in [5, 5.41) is 17.6. The van der Waals surface area contributed by atoms with Crippen LogP contribution >= 0.6 is 47.8 Å². The first-order valence-corrected chi connectivity index (χ1v) is 6.13. The first kappa shape index (κ1) is 12.7. The fourth-order valence-corrected chi connectivity index (χ4v) is 3.63. The molecule has 0 aliphatic heterocycles. The van der Waals surface area contributed by atoms with Crippen LogP contribution in [0.2, 0.25) is 0 Å². The molecular weight excluding hydrogens is 394 g/mol. The first-order valence-electron chi connectivity index (χ1n) is 3.75. The van der Waals surface area contributed by atoms with Gasteiger partial charge in [-0.2, -0.15) is 5.26 Å². The molecule has 0 saturated carbocycles. The molecule has 0 fully saturated rings. The van der Waals surface area contributed by atoms with Crippen molar-refractivity contribution in [3.05, 3.63) is 30.6 Å². The molecule has 0 aliphatic rings. The lowest BCUT2D eigenvalue weighted by atomic mass is 10.1. The van der Waals surface area contributed by atoms with E-state index in [0.717, 1.165) is 0 Å². The minimum absolute atomic E-state index is 0.136. The lowest BCUT2D eigenvalue weighted by Crippen LogP contribution is -2.03. The van der Waals surface area contributed by atoms with Gasteiger partial charge in [0.25, 0.3) is 0 Å². The maximum absolute atomic E-state index is 10.6. The second-order valence-electron chi connectivity index (χ2n) is 2.69. The SMILES string of the molecule is N#Cc1c(Br)cc(Br)c(CC(=O)O)c1Br. The molecule has 1 aromatic rings. The van der Waals surface area contributed by atoms with Crippen LogP contribution in [-0.4, -0.2) is 11.1 Å². The number of carboxylic acids is 1. The van der Waals surface area contributed by atoms with Crippen LogP contribution < -0.4 is 0 Å². The number of nitrogens with zero attached hydrogens (tertiary/aromatic N) is 1. The van der Waals surface area contributed by atoms with E-state index in [1.807, 2.05) is 6.07 Å². The van der Waals surface area contributed by atoms with Gasteiger partial charge in [0.15, 0.2) is 0 Å². The number of halogens is 3. The van der Waals surface area contributed by atoms with Crippen molar-refractivity contribution in [2.24, 2.45) is 0 Å². The Hall–Kier alpha value is -0.380. The minimum Gasteiger partial charge on any atom is -0.481 e. The molecule has 0 bridgehead atoms. The zero-order valence-corrected chi connectivity index (χ0v) is 12.0.